The molecule has 0 amide bonds. The van der Waals surface area contributed by atoms with Crippen LogP contribution in [0.1, 0.15) is 5.56 Å². The Morgan fingerprint density at radius 2 is 1.76 bits per heavy atom. The quantitative estimate of drug-likeness (QED) is 0.112. The molecule has 0 saturated carbocycles. The zero-order valence-corrected chi connectivity index (χ0v) is 18.8. The summed E-state index contributed by atoms with van der Waals surface area (Å²) in [5.74, 6) is -1.11. The number of anilines is 3. The maximum atomic E-state index is 13.3. The van der Waals surface area contributed by atoms with Crippen molar-refractivity contribution in [3.05, 3.63) is 72.2 Å². The molecule has 0 aliphatic carbocycles. The van der Waals surface area contributed by atoms with Crippen molar-refractivity contribution < 1.29 is 40.6 Å². The van der Waals surface area contributed by atoms with E-state index in [0.717, 1.165) is 11.6 Å². The van der Waals surface area contributed by atoms with Gasteiger partial charge in [0.15, 0.2) is 0 Å². The SMILES string of the molecule is Cc1ccc(Nc2cc(F)nc(F)n2)cc1N=Nc1c(N)ccc2c(S(=O)(=O)[O-])cccc12.[Li+]. The van der Waals surface area contributed by atoms with Gasteiger partial charge in [0.2, 0.25) is 5.95 Å². The largest absolute Gasteiger partial charge is 1.00 e. The molecule has 3 N–H and O–H groups in total. The molecule has 4 aromatic rings. The number of azo groups is 1. The fourth-order valence-corrected chi connectivity index (χ4v) is 3.85. The van der Waals surface area contributed by atoms with Crippen LogP contribution in [0.2, 0.25) is 0 Å². The van der Waals surface area contributed by atoms with Crippen molar-refractivity contribution in [2.45, 2.75) is 11.8 Å². The predicted molar refractivity (Wildman–Crippen MR) is 117 cm³/mol. The molecule has 1 aromatic heterocycles. The van der Waals surface area contributed by atoms with E-state index in [4.69, 9.17) is 5.73 Å². The summed E-state index contributed by atoms with van der Waals surface area (Å²) in [7, 11) is -4.71. The van der Waals surface area contributed by atoms with Gasteiger partial charge in [-0.1, -0.05) is 24.3 Å². The third kappa shape index (κ3) is 5.37. The zero-order chi connectivity index (χ0) is 23.8. The van der Waals surface area contributed by atoms with E-state index < -0.39 is 22.1 Å². The minimum absolute atomic E-state index is 0. The van der Waals surface area contributed by atoms with Crippen LogP contribution < -0.4 is 29.9 Å². The second kappa shape index (κ2) is 9.82. The van der Waals surface area contributed by atoms with Gasteiger partial charge in [-0.25, -0.2) is 8.42 Å². The van der Waals surface area contributed by atoms with Crippen molar-refractivity contribution in [2.75, 3.05) is 11.1 Å². The standard InChI is InChI=1S/C21H16F2N6O3S.Li/c1-11-5-6-12(25-19-10-18(22)26-21(23)27-19)9-16(11)28-29-20-14-3-2-4-17(33(30,31)32)13(14)7-8-15(20)24;/h2-10H,24H2,1H3,(H,25,26,27)(H,30,31,32);/q;+1/p-1. The molecule has 0 fully saturated rings. The number of rotatable bonds is 5. The van der Waals surface area contributed by atoms with E-state index in [-0.39, 0.29) is 46.3 Å². The molecule has 0 bridgehead atoms. The number of nitrogens with zero attached hydrogens (tertiary/aromatic N) is 4. The van der Waals surface area contributed by atoms with Crippen LogP contribution in [0.15, 0.2) is 69.7 Å². The normalized spacial score (nSPS) is 11.5. The number of aromatic nitrogens is 2. The number of benzene rings is 3. The van der Waals surface area contributed by atoms with Crippen LogP contribution in [0.5, 0.6) is 0 Å². The van der Waals surface area contributed by atoms with E-state index in [1.54, 1.807) is 31.2 Å². The van der Waals surface area contributed by atoms with Gasteiger partial charge >= 0.3 is 24.9 Å². The molecule has 1 heterocycles. The summed E-state index contributed by atoms with van der Waals surface area (Å²) >= 11 is 0. The molecule has 0 saturated heterocycles. The summed E-state index contributed by atoms with van der Waals surface area (Å²) < 4.78 is 61.3. The molecule has 34 heavy (non-hydrogen) atoms. The first-order chi connectivity index (χ1) is 15.6. The molecule has 0 unspecified atom stereocenters. The molecular weight excluding hydrogens is 461 g/mol. The Balaban J connectivity index is 0.00000324. The molecule has 4 rings (SSSR count). The number of halogens is 2. The van der Waals surface area contributed by atoms with Crippen molar-refractivity contribution >= 4 is 49.5 Å². The molecular formula is C21H15F2LiN6O3S. The molecule has 0 aliphatic heterocycles. The van der Waals surface area contributed by atoms with Gasteiger partial charge in [0.05, 0.1) is 16.3 Å². The van der Waals surface area contributed by atoms with Gasteiger partial charge < -0.3 is 15.6 Å². The van der Waals surface area contributed by atoms with Crippen LogP contribution >= 0.6 is 0 Å². The second-order valence-electron chi connectivity index (χ2n) is 6.98. The van der Waals surface area contributed by atoms with E-state index >= 15 is 0 Å². The molecule has 0 aliphatic rings. The van der Waals surface area contributed by atoms with Gasteiger partial charge in [-0.2, -0.15) is 23.9 Å². The van der Waals surface area contributed by atoms with Gasteiger partial charge in [-0.15, -0.1) is 5.11 Å². The fraction of sp³-hybridized carbons (Fsp3) is 0.0476. The van der Waals surface area contributed by atoms with Crippen molar-refractivity contribution in [1.29, 1.82) is 0 Å². The van der Waals surface area contributed by atoms with Crippen LogP contribution in [-0.4, -0.2) is 22.9 Å². The first-order valence-corrected chi connectivity index (χ1v) is 10.8. The third-order valence-electron chi connectivity index (χ3n) is 4.70. The van der Waals surface area contributed by atoms with Gasteiger partial charge in [0, 0.05) is 22.5 Å². The van der Waals surface area contributed by atoms with Gasteiger partial charge in [0.25, 0.3) is 0 Å². The molecule has 9 nitrogen and oxygen atoms in total. The predicted octanol–water partition coefficient (Wildman–Crippen LogP) is 1.87. The summed E-state index contributed by atoms with van der Waals surface area (Å²) in [6, 6.07) is 13.0. The van der Waals surface area contributed by atoms with Gasteiger partial charge in [0.1, 0.15) is 21.6 Å². The average Bonchev–Trinajstić information content (AvgIpc) is 2.73. The molecule has 0 atom stereocenters. The Kier molecular flexibility index (Phi) is 7.28. The van der Waals surface area contributed by atoms with Crippen LogP contribution in [0.3, 0.4) is 0 Å². The van der Waals surface area contributed by atoms with Gasteiger partial charge in [-0.3, -0.25) is 0 Å². The molecule has 13 heteroatoms. The van der Waals surface area contributed by atoms with Crippen molar-refractivity contribution in [2.24, 2.45) is 10.2 Å². The van der Waals surface area contributed by atoms with Crippen LogP contribution in [0, 0.1) is 18.9 Å². The van der Waals surface area contributed by atoms with E-state index in [1.807, 2.05) is 0 Å². The zero-order valence-electron chi connectivity index (χ0n) is 18.0. The summed E-state index contributed by atoms with van der Waals surface area (Å²) in [6.07, 6.45) is -1.21. The maximum absolute atomic E-state index is 13.3. The third-order valence-corrected chi connectivity index (χ3v) is 5.60. The number of hydrogen-bond donors (Lipinski definition) is 2. The Hall–Kier alpha value is -3.43. The maximum Gasteiger partial charge on any atom is 1.00 e. The van der Waals surface area contributed by atoms with E-state index in [2.05, 4.69) is 25.5 Å². The summed E-state index contributed by atoms with van der Waals surface area (Å²) in [5.41, 5.74) is 8.01. The number of aryl methyl sites for hydroxylation is 1. The fourth-order valence-electron chi connectivity index (χ4n) is 3.16. The van der Waals surface area contributed by atoms with Crippen LogP contribution in [0.4, 0.5) is 37.3 Å². The Labute approximate surface area is 205 Å². The Bertz CT molecular complexity index is 1510. The molecule has 3 aromatic carbocycles. The first kappa shape index (κ1) is 25.2. The summed E-state index contributed by atoms with van der Waals surface area (Å²) in [6.45, 7) is 1.77. The number of nitrogens with two attached hydrogens (primary N) is 1. The average molecular weight is 476 g/mol. The summed E-state index contributed by atoms with van der Waals surface area (Å²) in [4.78, 5) is 6.03. The number of fused-ring (bicyclic) bond motifs is 1. The van der Waals surface area contributed by atoms with Crippen LogP contribution in [0.25, 0.3) is 10.8 Å². The second-order valence-corrected chi connectivity index (χ2v) is 8.33. The van der Waals surface area contributed by atoms with Crippen molar-refractivity contribution in [3.8, 4) is 0 Å². The number of nitrogens with one attached hydrogen (secondary N) is 1. The minimum Gasteiger partial charge on any atom is -0.744 e. The summed E-state index contributed by atoms with van der Waals surface area (Å²) in [5, 5.41) is 11.7. The first-order valence-electron chi connectivity index (χ1n) is 9.38. The molecule has 0 spiro atoms. The topological polar surface area (TPSA) is 146 Å². The molecule has 0 radical (unpaired) electrons. The smallest absolute Gasteiger partial charge is 0.744 e. The monoisotopic (exact) mass is 476 g/mol. The van der Waals surface area contributed by atoms with Gasteiger partial charge in [-0.05, 0) is 36.8 Å². The van der Waals surface area contributed by atoms with E-state index in [0.29, 0.717) is 16.8 Å². The van der Waals surface area contributed by atoms with E-state index in [9.17, 15) is 21.8 Å². The van der Waals surface area contributed by atoms with Crippen LogP contribution in [-0.2, 0) is 10.1 Å². The number of nitrogen functional groups attached to an aromatic ring is 1. The molecule has 168 valence electrons. The van der Waals surface area contributed by atoms with Crippen molar-refractivity contribution in [3.63, 3.8) is 0 Å². The Morgan fingerprint density at radius 1 is 1.00 bits per heavy atom. The Morgan fingerprint density at radius 3 is 2.47 bits per heavy atom. The van der Waals surface area contributed by atoms with Crippen molar-refractivity contribution in [1.82, 2.24) is 9.97 Å². The number of hydrogen-bond acceptors (Lipinski definition) is 9. The van der Waals surface area contributed by atoms with E-state index in [1.165, 1.54) is 24.3 Å². The minimum atomic E-state index is -4.71.